The third-order valence-corrected chi connectivity index (χ3v) is 10.4. The van der Waals surface area contributed by atoms with Crippen molar-refractivity contribution >= 4 is 28.4 Å². The molecule has 1 aromatic heterocycles. The first kappa shape index (κ1) is 32.7. The number of aromatic nitrogens is 2. The second-order valence-corrected chi connectivity index (χ2v) is 15.1. The Hall–Kier alpha value is -3.83. The topological polar surface area (TPSA) is 92.7 Å². The van der Waals surface area contributed by atoms with E-state index in [4.69, 9.17) is 28.9 Å². The zero-order valence-electron chi connectivity index (χ0n) is 29.3. The number of likely N-dealkylation sites (tertiary alicyclic amines) is 1. The predicted molar refractivity (Wildman–Crippen MR) is 186 cm³/mol. The Morgan fingerprint density at radius 1 is 1.06 bits per heavy atom. The van der Waals surface area contributed by atoms with E-state index >= 15 is 0 Å². The number of anilines is 2. The number of carbonyl (C=O) groups excluding carboxylic acids is 1. The highest BCUT2D eigenvalue weighted by Gasteiger charge is 2.52. The molecule has 0 N–H and O–H groups in total. The summed E-state index contributed by atoms with van der Waals surface area (Å²) in [7, 11) is 3.79. The van der Waals surface area contributed by atoms with E-state index in [2.05, 4.69) is 65.1 Å². The van der Waals surface area contributed by atoms with E-state index in [1.807, 2.05) is 25.7 Å². The minimum absolute atomic E-state index is 0.0574. The maximum atomic E-state index is 13.4. The monoisotopic (exact) mass is 658 g/mol. The number of likely N-dealkylation sites (N-methyl/N-ethyl adjacent to an activating group) is 1. The molecule has 4 aliphatic heterocycles. The number of piperazine rings is 1. The normalized spacial score (nSPS) is 24.2. The van der Waals surface area contributed by atoms with Gasteiger partial charge in [0, 0.05) is 55.5 Å². The molecule has 3 aromatic rings. The van der Waals surface area contributed by atoms with Crippen LogP contribution in [0.15, 0.2) is 36.4 Å². The zero-order chi connectivity index (χ0) is 33.6. The van der Waals surface area contributed by atoms with Crippen LogP contribution < -0.4 is 19.3 Å². The molecule has 0 aliphatic carbocycles. The minimum Gasteiger partial charge on any atom is -0.467 e. The molecule has 0 spiro atoms. The SMILES string of the molecule is COCOc1cc(N2CCc3c(nc(OC[C@@H]4CCCN4C)nc3N3CC4CCC(C)(C3)N4C(=O)OC(C)(C)C)C2)c2ccccc2c1. The summed E-state index contributed by atoms with van der Waals surface area (Å²) in [5.41, 5.74) is 2.37. The molecular weight excluding hydrogens is 608 g/mol. The second-order valence-electron chi connectivity index (χ2n) is 15.1. The van der Waals surface area contributed by atoms with Gasteiger partial charge in [-0.05, 0) is 84.8 Å². The molecule has 0 saturated carbocycles. The molecule has 11 heteroatoms. The zero-order valence-corrected chi connectivity index (χ0v) is 29.3. The molecule has 5 heterocycles. The quantitative estimate of drug-likeness (QED) is 0.284. The summed E-state index contributed by atoms with van der Waals surface area (Å²) >= 11 is 0. The molecule has 7 rings (SSSR count). The van der Waals surface area contributed by atoms with Gasteiger partial charge in [0.2, 0.25) is 0 Å². The second kappa shape index (κ2) is 12.9. The highest BCUT2D eigenvalue weighted by molar-refractivity contribution is 5.95. The largest absolute Gasteiger partial charge is 0.467 e. The van der Waals surface area contributed by atoms with Gasteiger partial charge in [-0.15, -0.1) is 0 Å². The van der Waals surface area contributed by atoms with Crippen LogP contribution in [-0.4, -0.2) is 103 Å². The Labute approximate surface area is 284 Å². The van der Waals surface area contributed by atoms with Gasteiger partial charge in [0.15, 0.2) is 6.79 Å². The van der Waals surface area contributed by atoms with Gasteiger partial charge in [-0.1, -0.05) is 24.3 Å². The van der Waals surface area contributed by atoms with Crippen molar-refractivity contribution in [1.29, 1.82) is 0 Å². The Bertz CT molecular complexity index is 1660. The van der Waals surface area contributed by atoms with Crippen molar-refractivity contribution in [2.45, 2.75) is 89.6 Å². The lowest BCUT2D eigenvalue weighted by Gasteiger charge is -2.48. The lowest BCUT2D eigenvalue weighted by atomic mass is 9.96. The number of fused-ring (bicyclic) bond motifs is 4. The first-order chi connectivity index (χ1) is 23.0. The van der Waals surface area contributed by atoms with E-state index in [9.17, 15) is 4.79 Å². The molecule has 258 valence electrons. The van der Waals surface area contributed by atoms with Crippen LogP contribution in [0.4, 0.5) is 16.3 Å². The van der Waals surface area contributed by atoms with E-state index in [1.165, 1.54) is 17.4 Å². The molecule has 0 radical (unpaired) electrons. The van der Waals surface area contributed by atoms with Crippen LogP contribution >= 0.6 is 0 Å². The van der Waals surface area contributed by atoms with E-state index < -0.39 is 5.60 Å². The van der Waals surface area contributed by atoms with Gasteiger partial charge >= 0.3 is 12.1 Å². The van der Waals surface area contributed by atoms with Crippen molar-refractivity contribution < 1.29 is 23.7 Å². The third kappa shape index (κ3) is 6.46. The number of nitrogens with zero attached hydrogens (tertiary/aromatic N) is 6. The standard InChI is InChI=1S/C37H50N6O5/c1-36(2,3)48-35(44)43-26-13-15-37(43,4)23-42(20-26)33-30-14-17-41(21-31(30)38-34(39-33)46-22-27-11-9-16-40(27)5)32-19-28(47-24-45-6)18-25-10-7-8-12-29(25)32/h7-8,10,12,18-19,26-27H,9,11,13-17,20-24H2,1-6H3/t26?,27-,37?/m0/s1. The van der Waals surface area contributed by atoms with Gasteiger partial charge in [0.05, 0.1) is 23.8 Å². The molecule has 3 atom stereocenters. The number of methoxy groups -OCH3 is 1. The Morgan fingerprint density at radius 2 is 1.90 bits per heavy atom. The van der Waals surface area contributed by atoms with E-state index in [0.29, 0.717) is 38.3 Å². The average Bonchev–Trinajstić information content (AvgIpc) is 3.56. The lowest BCUT2D eigenvalue weighted by Crippen LogP contribution is -2.63. The Balaban J connectivity index is 1.21. The van der Waals surface area contributed by atoms with Gasteiger partial charge in [0.1, 0.15) is 23.8 Å². The minimum atomic E-state index is -0.540. The number of carbonyl (C=O) groups is 1. The van der Waals surface area contributed by atoms with Crippen LogP contribution in [0.2, 0.25) is 0 Å². The summed E-state index contributed by atoms with van der Waals surface area (Å²) in [6.07, 6.45) is 4.74. The molecule has 3 fully saturated rings. The van der Waals surface area contributed by atoms with Crippen molar-refractivity contribution in [3.8, 4) is 11.8 Å². The smallest absolute Gasteiger partial charge is 0.411 e. The first-order valence-electron chi connectivity index (χ1n) is 17.4. The number of amides is 1. The third-order valence-electron chi connectivity index (χ3n) is 10.4. The molecule has 4 aliphatic rings. The van der Waals surface area contributed by atoms with E-state index in [0.717, 1.165) is 67.1 Å². The van der Waals surface area contributed by atoms with Gasteiger partial charge < -0.3 is 33.6 Å². The number of hydrogen-bond acceptors (Lipinski definition) is 10. The van der Waals surface area contributed by atoms with Gasteiger partial charge in [-0.2, -0.15) is 9.97 Å². The van der Waals surface area contributed by atoms with E-state index in [1.54, 1.807) is 7.11 Å². The number of rotatable bonds is 8. The number of ether oxygens (including phenoxy) is 4. The summed E-state index contributed by atoms with van der Waals surface area (Å²) in [5, 5.41) is 2.29. The predicted octanol–water partition coefficient (Wildman–Crippen LogP) is 5.63. The molecule has 2 aromatic carbocycles. The summed E-state index contributed by atoms with van der Waals surface area (Å²) in [5.74, 6) is 1.72. The van der Waals surface area contributed by atoms with Crippen molar-refractivity contribution in [1.82, 2.24) is 19.8 Å². The highest BCUT2D eigenvalue weighted by Crippen LogP contribution is 2.43. The molecule has 2 unspecified atom stereocenters. The van der Waals surface area contributed by atoms with E-state index in [-0.39, 0.29) is 24.5 Å². The van der Waals surface area contributed by atoms with Gasteiger partial charge in [-0.3, -0.25) is 4.90 Å². The number of benzene rings is 2. The average molecular weight is 659 g/mol. The van der Waals surface area contributed by atoms with Crippen molar-refractivity contribution in [2.24, 2.45) is 0 Å². The molecule has 3 saturated heterocycles. The van der Waals surface area contributed by atoms with Crippen LogP contribution in [0.1, 0.15) is 64.6 Å². The van der Waals surface area contributed by atoms with Crippen LogP contribution in [0.5, 0.6) is 11.8 Å². The van der Waals surface area contributed by atoms with Crippen molar-refractivity contribution in [3.05, 3.63) is 47.7 Å². The van der Waals surface area contributed by atoms with Crippen molar-refractivity contribution in [3.63, 3.8) is 0 Å². The molecule has 2 bridgehead atoms. The summed E-state index contributed by atoms with van der Waals surface area (Å²) < 4.78 is 23.4. The van der Waals surface area contributed by atoms with Crippen LogP contribution in [0.3, 0.4) is 0 Å². The molecule has 11 nitrogen and oxygen atoms in total. The fourth-order valence-corrected chi connectivity index (χ4v) is 8.08. The maximum Gasteiger partial charge on any atom is 0.411 e. The molecule has 48 heavy (non-hydrogen) atoms. The van der Waals surface area contributed by atoms with Crippen LogP contribution in [0.25, 0.3) is 10.8 Å². The van der Waals surface area contributed by atoms with Crippen LogP contribution in [-0.2, 0) is 22.4 Å². The highest BCUT2D eigenvalue weighted by atomic mass is 16.7. The Morgan fingerprint density at radius 3 is 2.65 bits per heavy atom. The first-order valence-corrected chi connectivity index (χ1v) is 17.4. The van der Waals surface area contributed by atoms with Gasteiger partial charge in [0.25, 0.3) is 0 Å². The summed E-state index contributed by atoms with van der Waals surface area (Å²) in [6, 6.07) is 13.4. The lowest BCUT2D eigenvalue weighted by molar-refractivity contribution is -0.00285. The fraction of sp³-hybridized carbons (Fsp3) is 0.595. The summed E-state index contributed by atoms with van der Waals surface area (Å²) in [6.45, 7) is 12.6. The fourth-order valence-electron chi connectivity index (χ4n) is 8.08. The van der Waals surface area contributed by atoms with Crippen LogP contribution in [0, 0.1) is 0 Å². The maximum absolute atomic E-state index is 13.4. The van der Waals surface area contributed by atoms with Crippen molar-refractivity contribution in [2.75, 3.05) is 63.5 Å². The number of hydrogen-bond donors (Lipinski definition) is 0. The Kier molecular flexibility index (Phi) is 8.78. The molecular formula is C37H50N6O5. The molecule has 1 amide bonds. The summed E-state index contributed by atoms with van der Waals surface area (Å²) in [4.78, 5) is 32.8. The van der Waals surface area contributed by atoms with Gasteiger partial charge in [-0.25, -0.2) is 4.79 Å².